The van der Waals surface area contributed by atoms with Gasteiger partial charge in [0.2, 0.25) is 11.9 Å². The van der Waals surface area contributed by atoms with Crippen molar-refractivity contribution in [3.8, 4) is 0 Å². The summed E-state index contributed by atoms with van der Waals surface area (Å²) in [7, 11) is 1.52. The zero-order chi connectivity index (χ0) is 27.1. The number of rotatable bonds is 8. The number of aryl methyl sites for hydroxylation is 2. The molecule has 1 aliphatic heterocycles. The number of hydrogen-bond donors (Lipinski definition) is 2. The first-order valence-corrected chi connectivity index (χ1v) is 11.9. The lowest BCUT2D eigenvalue weighted by Crippen LogP contribution is -2.47. The van der Waals surface area contributed by atoms with Crippen LogP contribution in [0.15, 0.2) is 18.2 Å². The second-order valence-electron chi connectivity index (χ2n) is 9.52. The zero-order valence-corrected chi connectivity index (χ0v) is 21.1. The number of methoxy groups -OCH3 is 1. The van der Waals surface area contributed by atoms with Gasteiger partial charge in [-0.3, -0.25) is 19.6 Å². The Kier molecular flexibility index (Phi) is 6.93. The van der Waals surface area contributed by atoms with Crippen LogP contribution < -0.4 is 16.0 Å². The maximum Gasteiger partial charge on any atom is 0.397 e. The number of imidazole rings is 1. The number of amides is 2. The van der Waals surface area contributed by atoms with E-state index in [9.17, 15) is 22.8 Å². The fraction of sp³-hybridized carbons (Fsp3) is 0.500. The summed E-state index contributed by atoms with van der Waals surface area (Å²) >= 11 is 0. The minimum atomic E-state index is -4.57. The molecule has 0 saturated heterocycles. The van der Waals surface area contributed by atoms with Crippen LogP contribution in [-0.4, -0.2) is 64.1 Å². The molecule has 10 nitrogen and oxygen atoms in total. The molecule has 3 aromatic rings. The largest absolute Gasteiger partial charge is 0.397 e. The molecule has 1 aromatic carbocycles. The van der Waals surface area contributed by atoms with Crippen molar-refractivity contribution in [3.05, 3.63) is 35.2 Å². The first-order chi connectivity index (χ1) is 17.4. The number of ether oxygens (including phenoxy) is 1. The van der Waals surface area contributed by atoms with Gasteiger partial charge >= 0.3 is 6.18 Å². The molecule has 1 atom stereocenters. The van der Waals surface area contributed by atoms with Gasteiger partial charge in [0.1, 0.15) is 5.69 Å². The minimum Gasteiger partial charge on any atom is -0.385 e. The van der Waals surface area contributed by atoms with Crippen LogP contribution in [0.4, 0.5) is 24.8 Å². The van der Waals surface area contributed by atoms with Gasteiger partial charge in [-0.25, -0.2) is 4.98 Å². The van der Waals surface area contributed by atoms with Crippen molar-refractivity contribution in [1.82, 2.24) is 19.3 Å². The summed E-state index contributed by atoms with van der Waals surface area (Å²) < 4.78 is 51.4. The van der Waals surface area contributed by atoms with Crippen LogP contribution in [0.3, 0.4) is 0 Å². The van der Waals surface area contributed by atoms with E-state index in [2.05, 4.69) is 15.4 Å². The summed E-state index contributed by atoms with van der Waals surface area (Å²) in [4.78, 5) is 31.3. The number of primary amides is 1. The SMILES string of the molecule is CCn1nc(C)cc1C(=O)Nc1nc2cc(C(N)=O)cc3c2n1C[C@@](C)(C(F)(F)F)CN3CCCOC. The van der Waals surface area contributed by atoms with E-state index in [0.29, 0.717) is 36.5 Å². The maximum absolute atomic E-state index is 14.5. The van der Waals surface area contributed by atoms with Gasteiger partial charge in [-0.2, -0.15) is 18.3 Å². The number of anilines is 2. The zero-order valence-electron chi connectivity index (χ0n) is 21.1. The van der Waals surface area contributed by atoms with E-state index < -0.39 is 30.0 Å². The van der Waals surface area contributed by atoms with Crippen LogP contribution in [0.1, 0.15) is 46.8 Å². The van der Waals surface area contributed by atoms with E-state index >= 15 is 0 Å². The summed E-state index contributed by atoms with van der Waals surface area (Å²) in [6.07, 6.45) is -4.11. The van der Waals surface area contributed by atoms with Crippen LogP contribution in [0.2, 0.25) is 0 Å². The van der Waals surface area contributed by atoms with Gasteiger partial charge < -0.3 is 19.9 Å². The molecule has 0 bridgehead atoms. The van der Waals surface area contributed by atoms with Gasteiger partial charge in [0, 0.05) is 45.5 Å². The van der Waals surface area contributed by atoms with E-state index in [0.717, 1.165) is 6.92 Å². The molecule has 200 valence electrons. The Morgan fingerprint density at radius 2 is 1.97 bits per heavy atom. The molecule has 0 unspecified atom stereocenters. The Morgan fingerprint density at radius 3 is 2.59 bits per heavy atom. The van der Waals surface area contributed by atoms with E-state index in [1.165, 1.54) is 28.5 Å². The lowest BCUT2D eigenvalue weighted by Gasteiger charge is -2.36. The lowest BCUT2D eigenvalue weighted by molar-refractivity contribution is -0.218. The fourth-order valence-corrected chi connectivity index (χ4v) is 4.70. The molecule has 0 aliphatic carbocycles. The van der Waals surface area contributed by atoms with Gasteiger partial charge in [0.25, 0.3) is 5.91 Å². The molecule has 0 radical (unpaired) electrons. The number of nitrogens with zero attached hydrogens (tertiary/aromatic N) is 5. The van der Waals surface area contributed by atoms with E-state index in [-0.39, 0.29) is 35.8 Å². The van der Waals surface area contributed by atoms with E-state index in [4.69, 9.17) is 10.5 Å². The van der Waals surface area contributed by atoms with Crippen molar-refractivity contribution in [1.29, 1.82) is 0 Å². The third kappa shape index (κ3) is 4.87. The lowest BCUT2D eigenvalue weighted by atomic mass is 9.89. The second kappa shape index (κ2) is 9.69. The smallest absolute Gasteiger partial charge is 0.385 e. The first-order valence-electron chi connectivity index (χ1n) is 11.9. The molecule has 37 heavy (non-hydrogen) atoms. The average molecular weight is 522 g/mol. The average Bonchev–Trinajstić information content (AvgIpc) is 3.32. The van der Waals surface area contributed by atoms with E-state index in [1.807, 2.05) is 6.92 Å². The number of alkyl halides is 3. The highest BCUT2D eigenvalue weighted by atomic mass is 19.4. The summed E-state index contributed by atoms with van der Waals surface area (Å²) in [6, 6.07) is 4.51. The molecule has 1 aliphatic rings. The standard InChI is InChI=1S/C24H30F3N7O3/c1-5-34-18(9-14(2)31-34)21(36)30-22-29-16-10-15(20(28)35)11-17-19(16)33(22)13-23(3,24(25,26)27)12-32(17)7-6-8-37-4/h9-11H,5-8,12-13H2,1-4H3,(H2,28,35)(H,29,30,36)/t23-/m0/s1. The quantitative estimate of drug-likeness (QED) is 0.439. The topological polar surface area (TPSA) is 120 Å². The van der Waals surface area contributed by atoms with E-state index in [1.54, 1.807) is 17.9 Å². The first kappa shape index (κ1) is 26.5. The van der Waals surface area contributed by atoms with Gasteiger partial charge in [-0.1, -0.05) is 0 Å². The van der Waals surface area contributed by atoms with Gasteiger partial charge in [-0.05, 0) is 45.4 Å². The normalized spacial score (nSPS) is 17.8. The van der Waals surface area contributed by atoms with Crippen molar-refractivity contribution in [2.75, 3.05) is 37.0 Å². The van der Waals surface area contributed by atoms with Gasteiger partial charge in [0.15, 0.2) is 0 Å². The Morgan fingerprint density at radius 1 is 1.24 bits per heavy atom. The van der Waals surface area contributed by atoms with Crippen LogP contribution in [0.5, 0.6) is 0 Å². The Balaban J connectivity index is 1.90. The molecule has 4 rings (SSSR count). The maximum atomic E-state index is 14.5. The monoisotopic (exact) mass is 521 g/mol. The predicted molar refractivity (Wildman–Crippen MR) is 132 cm³/mol. The number of nitrogens with one attached hydrogen (secondary N) is 1. The highest BCUT2D eigenvalue weighted by Crippen LogP contribution is 2.46. The minimum absolute atomic E-state index is 0.0569. The number of benzene rings is 1. The number of halogens is 3. The number of carbonyl (C=O) groups excluding carboxylic acids is 2. The summed E-state index contributed by atoms with van der Waals surface area (Å²) in [5.41, 5.74) is 5.36. The molecule has 13 heteroatoms. The predicted octanol–water partition coefficient (Wildman–Crippen LogP) is 3.34. The molecule has 0 fully saturated rings. The van der Waals surface area contributed by atoms with Crippen molar-refractivity contribution >= 4 is 34.5 Å². The fourth-order valence-electron chi connectivity index (χ4n) is 4.70. The van der Waals surface area contributed by atoms with Crippen molar-refractivity contribution < 1.29 is 27.5 Å². The van der Waals surface area contributed by atoms with Crippen LogP contribution in [-0.2, 0) is 17.8 Å². The molecular formula is C24H30F3N7O3. The van der Waals surface area contributed by atoms with Crippen LogP contribution >= 0.6 is 0 Å². The molecule has 2 aromatic heterocycles. The van der Waals surface area contributed by atoms with Crippen LogP contribution in [0, 0.1) is 12.3 Å². The third-order valence-electron chi connectivity index (χ3n) is 6.61. The number of nitrogens with two attached hydrogens (primary N) is 1. The summed E-state index contributed by atoms with van der Waals surface area (Å²) in [6.45, 7) is 4.89. The molecule has 3 N–H and O–H groups in total. The molecule has 0 saturated carbocycles. The molecular weight excluding hydrogens is 491 g/mol. The summed E-state index contributed by atoms with van der Waals surface area (Å²) in [5.74, 6) is -1.35. The Hall–Kier alpha value is -3.61. The van der Waals surface area contributed by atoms with Gasteiger partial charge in [0.05, 0.1) is 27.8 Å². The molecule has 2 amide bonds. The van der Waals surface area contributed by atoms with Crippen molar-refractivity contribution in [3.63, 3.8) is 0 Å². The summed E-state index contributed by atoms with van der Waals surface area (Å²) in [5, 5.41) is 6.94. The van der Waals surface area contributed by atoms with Crippen molar-refractivity contribution in [2.45, 2.75) is 46.5 Å². The number of aromatic nitrogens is 4. The Bertz CT molecular complexity index is 1350. The van der Waals surface area contributed by atoms with Crippen LogP contribution in [0.25, 0.3) is 11.0 Å². The molecule has 0 spiro atoms. The van der Waals surface area contributed by atoms with Gasteiger partial charge in [-0.15, -0.1) is 0 Å². The highest BCUT2D eigenvalue weighted by molar-refractivity contribution is 6.05. The van der Waals surface area contributed by atoms with Crippen molar-refractivity contribution in [2.24, 2.45) is 11.1 Å². The number of hydrogen-bond acceptors (Lipinski definition) is 6. The highest BCUT2D eigenvalue weighted by Gasteiger charge is 2.54. The Labute approximate surface area is 211 Å². The molecule has 3 heterocycles. The second-order valence-corrected chi connectivity index (χ2v) is 9.52. The third-order valence-corrected chi connectivity index (χ3v) is 6.61. The number of carbonyl (C=O) groups is 2.